The summed E-state index contributed by atoms with van der Waals surface area (Å²) in [5.74, 6) is -0.912. The van der Waals surface area contributed by atoms with E-state index in [1.165, 1.54) is 18.2 Å². The van der Waals surface area contributed by atoms with Crippen LogP contribution in [-0.4, -0.2) is 5.60 Å². The van der Waals surface area contributed by atoms with Gasteiger partial charge in [0.25, 0.3) is 0 Å². The summed E-state index contributed by atoms with van der Waals surface area (Å²) in [7, 11) is 0. The highest BCUT2D eigenvalue weighted by molar-refractivity contribution is 6.31. The molecule has 1 aliphatic rings. The lowest BCUT2D eigenvalue weighted by Crippen LogP contribution is -2.33. The molecule has 0 spiro atoms. The molecule has 1 aliphatic carbocycles. The van der Waals surface area contributed by atoms with Crippen molar-refractivity contribution in [2.75, 3.05) is 0 Å². The molecular formula is C31H33ClF3NO2. The number of halogens is 4. The standard InChI is InChI=1S/C31H33ClF3NO2/c1-5-7-9-28(36-30(21(3)33)27(35)8-6-2)29-15-14-26(38-29)19-23-18-24(32)16-17-31(23,4)37-20-22-10-12-25(34)13-11-22/h6,8-16,18,36H,3,5,7,17,19-20H2,1-2,4H3/b8-6-,28-9?,30-27-. The van der Waals surface area contributed by atoms with E-state index in [4.69, 9.17) is 20.8 Å². The van der Waals surface area contributed by atoms with Crippen molar-refractivity contribution in [2.45, 2.75) is 58.7 Å². The number of rotatable bonds is 12. The molecule has 1 aromatic heterocycles. The summed E-state index contributed by atoms with van der Waals surface area (Å²) in [5.41, 5.74) is 1.20. The number of benzene rings is 1. The van der Waals surface area contributed by atoms with Crippen LogP contribution in [0.15, 0.2) is 106 Å². The smallest absolute Gasteiger partial charge is 0.150 e. The molecule has 0 aliphatic heterocycles. The van der Waals surface area contributed by atoms with Crippen LogP contribution >= 0.6 is 11.6 Å². The maximum Gasteiger partial charge on any atom is 0.150 e. The van der Waals surface area contributed by atoms with E-state index in [2.05, 4.69) is 11.9 Å². The second kappa shape index (κ2) is 13.5. The highest BCUT2D eigenvalue weighted by Crippen LogP contribution is 2.36. The van der Waals surface area contributed by atoms with Crippen molar-refractivity contribution >= 4 is 17.3 Å². The van der Waals surface area contributed by atoms with Crippen LogP contribution in [0.1, 0.15) is 57.1 Å². The van der Waals surface area contributed by atoms with Crippen LogP contribution in [0.25, 0.3) is 5.70 Å². The Hall–Kier alpha value is -3.22. The molecule has 0 amide bonds. The number of furan rings is 1. The summed E-state index contributed by atoms with van der Waals surface area (Å²) in [4.78, 5) is 0. The Morgan fingerprint density at radius 3 is 2.61 bits per heavy atom. The van der Waals surface area contributed by atoms with Crippen LogP contribution < -0.4 is 5.32 Å². The van der Waals surface area contributed by atoms with E-state index in [1.54, 1.807) is 25.1 Å². The average molecular weight is 544 g/mol. The Morgan fingerprint density at radius 2 is 1.95 bits per heavy atom. The largest absolute Gasteiger partial charge is 0.459 e. The quantitative estimate of drug-likeness (QED) is 0.271. The fraction of sp³-hybridized carbons (Fsp3) is 0.290. The van der Waals surface area contributed by atoms with Crippen LogP contribution in [-0.2, 0) is 17.8 Å². The normalized spacial score (nSPS) is 18.8. The Balaban J connectivity index is 1.83. The SMILES string of the molecule is C=C(F)/C(NC(=CCCC)c1ccc(CC2=CC(Cl)=CCC2(C)OCc2ccc(F)cc2)o1)=C(F)\C=C/C. The fourth-order valence-electron chi connectivity index (χ4n) is 3.94. The first kappa shape index (κ1) is 29.3. The number of unbranched alkanes of at least 4 members (excludes halogenated alkanes) is 1. The molecule has 38 heavy (non-hydrogen) atoms. The zero-order chi connectivity index (χ0) is 27.7. The highest BCUT2D eigenvalue weighted by atomic mass is 35.5. The molecule has 0 radical (unpaired) electrons. The summed E-state index contributed by atoms with van der Waals surface area (Å²) in [6.45, 7) is 9.19. The molecule has 1 unspecified atom stereocenters. The number of hydrogen-bond acceptors (Lipinski definition) is 3. The Bertz CT molecular complexity index is 1280. The number of ether oxygens (including phenoxy) is 1. The maximum absolute atomic E-state index is 14.5. The van der Waals surface area contributed by atoms with Gasteiger partial charge in [0.15, 0.2) is 0 Å². The van der Waals surface area contributed by atoms with Crippen molar-refractivity contribution in [3.05, 3.63) is 124 Å². The minimum Gasteiger partial charge on any atom is -0.459 e. The monoisotopic (exact) mass is 543 g/mol. The summed E-state index contributed by atoms with van der Waals surface area (Å²) in [6, 6.07) is 9.77. The summed E-state index contributed by atoms with van der Waals surface area (Å²) >= 11 is 6.34. The van der Waals surface area contributed by atoms with E-state index in [-0.39, 0.29) is 11.5 Å². The third-order valence-corrected chi connectivity index (χ3v) is 6.42. The Labute approximate surface area is 227 Å². The third-order valence-electron chi connectivity index (χ3n) is 6.16. The molecule has 202 valence electrons. The van der Waals surface area contributed by atoms with Gasteiger partial charge in [-0.2, -0.15) is 0 Å². The third kappa shape index (κ3) is 7.89. The van der Waals surface area contributed by atoms with Crippen molar-refractivity contribution in [3.8, 4) is 0 Å². The fourth-order valence-corrected chi connectivity index (χ4v) is 4.15. The van der Waals surface area contributed by atoms with Crippen molar-refractivity contribution in [1.82, 2.24) is 5.32 Å². The molecule has 0 bridgehead atoms. The molecule has 1 N–H and O–H groups in total. The number of nitrogens with one attached hydrogen (secondary N) is 1. The van der Waals surface area contributed by atoms with Crippen molar-refractivity contribution in [1.29, 1.82) is 0 Å². The lowest BCUT2D eigenvalue weighted by atomic mass is 9.85. The highest BCUT2D eigenvalue weighted by Gasteiger charge is 2.32. The minimum absolute atomic E-state index is 0.300. The molecule has 3 rings (SSSR count). The van der Waals surface area contributed by atoms with Gasteiger partial charge in [-0.25, -0.2) is 13.2 Å². The molecule has 1 atom stereocenters. The van der Waals surface area contributed by atoms with E-state index < -0.39 is 17.3 Å². The first-order valence-electron chi connectivity index (χ1n) is 12.5. The van der Waals surface area contributed by atoms with Gasteiger partial charge < -0.3 is 14.5 Å². The lowest BCUT2D eigenvalue weighted by molar-refractivity contribution is -0.0161. The predicted octanol–water partition coefficient (Wildman–Crippen LogP) is 9.36. The Morgan fingerprint density at radius 1 is 1.21 bits per heavy atom. The van der Waals surface area contributed by atoms with Crippen LogP contribution in [0.3, 0.4) is 0 Å². The van der Waals surface area contributed by atoms with Gasteiger partial charge in [0.1, 0.15) is 34.7 Å². The zero-order valence-corrected chi connectivity index (χ0v) is 22.7. The van der Waals surface area contributed by atoms with E-state index in [9.17, 15) is 13.2 Å². The average Bonchev–Trinajstić information content (AvgIpc) is 3.34. The first-order valence-corrected chi connectivity index (χ1v) is 12.9. The van der Waals surface area contributed by atoms with Gasteiger partial charge >= 0.3 is 0 Å². The molecule has 0 saturated heterocycles. The van der Waals surface area contributed by atoms with Gasteiger partial charge in [-0.05, 0) is 74.2 Å². The second-order valence-corrected chi connectivity index (χ2v) is 9.65. The molecule has 0 saturated carbocycles. The van der Waals surface area contributed by atoms with Crippen molar-refractivity contribution in [3.63, 3.8) is 0 Å². The van der Waals surface area contributed by atoms with Crippen LogP contribution in [0.2, 0.25) is 0 Å². The topological polar surface area (TPSA) is 34.4 Å². The summed E-state index contributed by atoms with van der Waals surface area (Å²) in [5, 5.41) is 3.43. The van der Waals surface area contributed by atoms with E-state index in [1.807, 2.05) is 38.1 Å². The second-order valence-electron chi connectivity index (χ2n) is 9.21. The molecular weight excluding hydrogens is 511 g/mol. The van der Waals surface area contributed by atoms with Crippen LogP contribution in [0.4, 0.5) is 13.2 Å². The van der Waals surface area contributed by atoms with Gasteiger partial charge in [-0.1, -0.05) is 61.9 Å². The molecule has 3 nitrogen and oxygen atoms in total. The van der Waals surface area contributed by atoms with Gasteiger partial charge in [-0.15, -0.1) is 0 Å². The molecule has 7 heteroatoms. The van der Waals surface area contributed by atoms with Gasteiger partial charge in [0.05, 0.1) is 17.9 Å². The van der Waals surface area contributed by atoms with E-state index >= 15 is 0 Å². The lowest BCUT2D eigenvalue weighted by Gasteiger charge is -2.34. The zero-order valence-electron chi connectivity index (χ0n) is 21.9. The van der Waals surface area contributed by atoms with Gasteiger partial charge in [0, 0.05) is 11.5 Å². The van der Waals surface area contributed by atoms with E-state index in [0.29, 0.717) is 48.1 Å². The molecule has 1 heterocycles. The molecule has 2 aromatic rings. The van der Waals surface area contributed by atoms with Gasteiger partial charge in [0.2, 0.25) is 0 Å². The number of allylic oxidation sites excluding steroid dienone is 7. The molecule has 1 aromatic carbocycles. The van der Waals surface area contributed by atoms with Crippen molar-refractivity contribution < 1.29 is 22.3 Å². The maximum atomic E-state index is 14.5. The molecule has 0 fully saturated rings. The van der Waals surface area contributed by atoms with Crippen LogP contribution in [0, 0.1) is 5.82 Å². The van der Waals surface area contributed by atoms with Crippen LogP contribution in [0.5, 0.6) is 0 Å². The summed E-state index contributed by atoms with van der Waals surface area (Å²) in [6.07, 6.45) is 10.7. The predicted molar refractivity (Wildman–Crippen MR) is 148 cm³/mol. The minimum atomic E-state index is -0.919. The Kier molecular flexibility index (Phi) is 10.5. The van der Waals surface area contributed by atoms with Crippen molar-refractivity contribution in [2.24, 2.45) is 0 Å². The summed E-state index contributed by atoms with van der Waals surface area (Å²) < 4.78 is 54.3. The number of hydrogen-bond donors (Lipinski definition) is 1. The van der Waals surface area contributed by atoms with Gasteiger partial charge in [-0.3, -0.25) is 0 Å². The first-order chi connectivity index (χ1) is 18.1. The van der Waals surface area contributed by atoms with E-state index in [0.717, 1.165) is 23.6 Å².